The second-order valence-corrected chi connectivity index (χ2v) is 3.47. The SMILES string of the molecule is CC[C@H](CCO)OC1CCCCO1. The summed E-state index contributed by atoms with van der Waals surface area (Å²) in [7, 11) is 0. The molecule has 1 saturated heterocycles. The van der Waals surface area contributed by atoms with Gasteiger partial charge in [0.25, 0.3) is 0 Å². The number of hydrogen-bond donors (Lipinski definition) is 1. The Kier molecular flexibility index (Phi) is 5.35. The van der Waals surface area contributed by atoms with Gasteiger partial charge in [-0.05, 0) is 32.1 Å². The molecule has 1 rings (SSSR count). The van der Waals surface area contributed by atoms with E-state index in [1.54, 1.807) is 0 Å². The van der Waals surface area contributed by atoms with Gasteiger partial charge < -0.3 is 14.6 Å². The summed E-state index contributed by atoms with van der Waals surface area (Å²) in [6, 6.07) is 0. The molecule has 0 radical (unpaired) electrons. The number of aliphatic hydroxyl groups is 1. The van der Waals surface area contributed by atoms with Gasteiger partial charge in [-0.1, -0.05) is 6.92 Å². The molecular formula is C10H20O3. The van der Waals surface area contributed by atoms with Crippen molar-refractivity contribution >= 4 is 0 Å². The van der Waals surface area contributed by atoms with Crippen molar-refractivity contribution in [2.24, 2.45) is 0 Å². The van der Waals surface area contributed by atoms with Gasteiger partial charge in [-0.2, -0.15) is 0 Å². The van der Waals surface area contributed by atoms with Crippen molar-refractivity contribution in [2.45, 2.75) is 51.4 Å². The third-order valence-corrected chi connectivity index (χ3v) is 2.39. The predicted molar refractivity (Wildman–Crippen MR) is 50.5 cm³/mol. The lowest BCUT2D eigenvalue weighted by Gasteiger charge is -2.26. The smallest absolute Gasteiger partial charge is 0.157 e. The summed E-state index contributed by atoms with van der Waals surface area (Å²) in [5, 5.41) is 8.78. The summed E-state index contributed by atoms with van der Waals surface area (Å²) >= 11 is 0. The highest BCUT2D eigenvalue weighted by molar-refractivity contribution is 4.59. The lowest BCUT2D eigenvalue weighted by molar-refractivity contribution is -0.190. The second-order valence-electron chi connectivity index (χ2n) is 3.47. The second kappa shape index (κ2) is 6.35. The Labute approximate surface area is 80.0 Å². The zero-order chi connectivity index (χ0) is 9.52. The summed E-state index contributed by atoms with van der Waals surface area (Å²) < 4.78 is 11.2. The molecule has 1 unspecified atom stereocenters. The molecule has 1 N–H and O–H groups in total. The maximum atomic E-state index is 8.78. The normalized spacial score (nSPS) is 25.8. The van der Waals surface area contributed by atoms with Crippen LogP contribution in [0.15, 0.2) is 0 Å². The molecule has 1 heterocycles. The quantitative estimate of drug-likeness (QED) is 0.713. The highest BCUT2D eigenvalue weighted by atomic mass is 16.7. The monoisotopic (exact) mass is 188 g/mol. The maximum absolute atomic E-state index is 8.78. The minimum absolute atomic E-state index is 0.0229. The van der Waals surface area contributed by atoms with Crippen LogP contribution in [0.25, 0.3) is 0 Å². The van der Waals surface area contributed by atoms with Gasteiger partial charge in [-0.15, -0.1) is 0 Å². The molecule has 1 aliphatic heterocycles. The molecule has 0 aromatic carbocycles. The van der Waals surface area contributed by atoms with Gasteiger partial charge in [0.2, 0.25) is 0 Å². The van der Waals surface area contributed by atoms with E-state index in [0.717, 1.165) is 32.3 Å². The van der Waals surface area contributed by atoms with E-state index in [9.17, 15) is 0 Å². The lowest BCUT2D eigenvalue weighted by Crippen LogP contribution is -2.28. The number of aliphatic hydroxyl groups excluding tert-OH is 1. The molecule has 0 amide bonds. The van der Waals surface area contributed by atoms with Crippen LogP contribution in [-0.2, 0) is 9.47 Å². The minimum atomic E-state index is -0.0229. The summed E-state index contributed by atoms with van der Waals surface area (Å²) in [6.45, 7) is 3.09. The largest absolute Gasteiger partial charge is 0.396 e. The number of ether oxygens (including phenoxy) is 2. The molecule has 1 fully saturated rings. The van der Waals surface area contributed by atoms with E-state index in [1.165, 1.54) is 6.42 Å². The van der Waals surface area contributed by atoms with E-state index in [4.69, 9.17) is 14.6 Å². The van der Waals surface area contributed by atoms with Gasteiger partial charge in [-0.3, -0.25) is 0 Å². The van der Waals surface area contributed by atoms with Crippen LogP contribution in [0.5, 0.6) is 0 Å². The van der Waals surface area contributed by atoms with Crippen molar-refractivity contribution < 1.29 is 14.6 Å². The van der Waals surface area contributed by atoms with Gasteiger partial charge >= 0.3 is 0 Å². The Hall–Kier alpha value is -0.120. The van der Waals surface area contributed by atoms with E-state index in [1.807, 2.05) is 0 Å². The van der Waals surface area contributed by atoms with Gasteiger partial charge in [-0.25, -0.2) is 0 Å². The van der Waals surface area contributed by atoms with Gasteiger partial charge in [0.05, 0.1) is 6.10 Å². The molecule has 3 nitrogen and oxygen atoms in total. The van der Waals surface area contributed by atoms with Crippen molar-refractivity contribution in [1.29, 1.82) is 0 Å². The molecular weight excluding hydrogens is 168 g/mol. The first-order valence-electron chi connectivity index (χ1n) is 5.24. The molecule has 0 aliphatic carbocycles. The van der Waals surface area contributed by atoms with Gasteiger partial charge in [0.1, 0.15) is 0 Å². The molecule has 3 heteroatoms. The van der Waals surface area contributed by atoms with Crippen molar-refractivity contribution in [3.8, 4) is 0 Å². The molecule has 0 aromatic heterocycles. The van der Waals surface area contributed by atoms with E-state index < -0.39 is 0 Å². The number of rotatable bonds is 5. The predicted octanol–water partition coefficient (Wildman–Crippen LogP) is 1.69. The molecule has 0 saturated carbocycles. The lowest BCUT2D eigenvalue weighted by atomic mass is 10.2. The summed E-state index contributed by atoms with van der Waals surface area (Å²) in [4.78, 5) is 0. The van der Waals surface area contributed by atoms with Crippen molar-refractivity contribution in [2.75, 3.05) is 13.2 Å². The van der Waals surface area contributed by atoms with Crippen LogP contribution in [0, 0.1) is 0 Å². The molecule has 2 atom stereocenters. The zero-order valence-corrected chi connectivity index (χ0v) is 8.37. The number of hydrogen-bond acceptors (Lipinski definition) is 3. The van der Waals surface area contributed by atoms with E-state index in [-0.39, 0.29) is 19.0 Å². The van der Waals surface area contributed by atoms with Crippen molar-refractivity contribution in [3.05, 3.63) is 0 Å². The standard InChI is InChI=1S/C10H20O3/c1-2-9(6-7-11)13-10-5-3-4-8-12-10/h9-11H,2-8H2,1H3/t9-,10?/m1/s1. The average Bonchev–Trinajstić information content (AvgIpc) is 2.19. The Bertz CT molecular complexity index is 119. The van der Waals surface area contributed by atoms with Gasteiger partial charge in [0.15, 0.2) is 6.29 Å². The molecule has 78 valence electrons. The highest BCUT2D eigenvalue weighted by Gasteiger charge is 2.18. The van der Waals surface area contributed by atoms with Crippen LogP contribution in [0.4, 0.5) is 0 Å². The Morgan fingerprint density at radius 3 is 2.92 bits per heavy atom. The summed E-state index contributed by atoms with van der Waals surface area (Å²) in [5.74, 6) is 0. The summed E-state index contributed by atoms with van der Waals surface area (Å²) in [6.07, 6.45) is 5.15. The molecule has 13 heavy (non-hydrogen) atoms. The van der Waals surface area contributed by atoms with E-state index in [2.05, 4.69) is 6.92 Å². The van der Waals surface area contributed by atoms with Gasteiger partial charge in [0, 0.05) is 13.2 Å². The first kappa shape index (κ1) is 11.0. The maximum Gasteiger partial charge on any atom is 0.157 e. The van der Waals surface area contributed by atoms with Crippen LogP contribution < -0.4 is 0 Å². The summed E-state index contributed by atoms with van der Waals surface area (Å²) in [5.41, 5.74) is 0. The van der Waals surface area contributed by atoms with E-state index in [0.29, 0.717) is 0 Å². The third kappa shape index (κ3) is 4.07. The fraction of sp³-hybridized carbons (Fsp3) is 1.00. The van der Waals surface area contributed by atoms with Crippen molar-refractivity contribution in [1.82, 2.24) is 0 Å². The van der Waals surface area contributed by atoms with Crippen LogP contribution in [0.2, 0.25) is 0 Å². The van der Waals surface area contributed by atoms with Crippen LogP contribution in [-0.4, -0.2) is 30.7 Å². The van der Waals surface area contributed by atoms with E-state index >= 15 is 0 Å². The zero-order valence-electron chi connectivity index (χ0n) is 8.37. The molecule has 0 spiro atoms. The Morgan fingerprint density at radius 1 is 1.54 bits per heavy atom. The average molecular weight is 188 g/mol. The van der Waals surface area contributed by atoms with Crippen molar-refractivity contribution in [3.63, 3.8) is 0 Å². The minimum Gasteiger partial charge on any atom is -0.396 e. The van der Waals surface area contributed by atoms with Crippen LogP contribution in [0.1, 0.15) is 39.0 Å². The fourth-order valence-electron chi connectivity index (χ4n) is 1.55. The first-order chi connectivity index (χ1) is 6.36. The first-order valence-corrected chi connectivity index (χ1v) is 5.24. The Balaban J connectivity index is 2.18. The molecule has 1 aliphatic rings. The fourth-order valence-corrected chi connectivity index (χ4v) is 1.55. The molecule has 0 aromatic rings. The topological polar surface area (TPSA) is 38.7 Å². The highest BCUT2D eigenvalue weighted by Crippen LogP contribution is 2.17. The van der Waals surface area contributed by atoms with Crippen LogP contribution in [0.3, 0.4) is 0 Å². The Morgan fingerprint density at radius 2 is 2.38 bits per heavy atom. The van der Waals surface area contributed by atoms with Crippen LogP contribution >= 0.6 is 0 Å². The third-order valence-electron chi connectivity index (χ3n) is 2.39. The molecule has 0 bridgehead atoms.